The molecule has 190 valence electrons. The molecule has 0 aromatic heterocycles. The van der Waals surface area contributed by atoms with Crippen LogP contribution in [0.15, 0.2) is 48.5 Å². The van der Waals surface area contributed by atoms with Gasteiger partial charge in [-0.2, -0.15) is 0 Å². The monoisotopic (exact) mass is 500 g/mol. The van der Waals surface area contributed by atoms with E-state index in [-0.39, 0.29) is 31.0 Å². The van der Waals surface area contributed by atoms with Crippen LogP contribution in [0.25, 0.3) is 11.1 Å². The van der Waals surface area contributed by atoms with Crippen molar-refractivity contribution in [1.29, 1.82) is 0 Å². The first-order valence-corrected chi connectivity index (χ1v) is 11.3. The van der Waals surface area contributed by atoms with Crippen LogP contribution in [0.3, 0.4) is 0 Å². The first-order valence-electron chi connectivity index (χ1n) is 11.3. The zero-order valence-electron chi connectivity index (χ0n) is 19.5. The maximum Gasteiger partial charge on any atom is 0.406 e. The van der Waals surface area contributed by atoms with Crippen LogP contribution in [-0.4, -0.2) is 42.3 Å². The van der Waals surface area contributed by atoms with Gasteiger partial charge in [-0.1, -0.05) is 24.3 Å². The second-order valence-electron chi connectivity index (χ2n) is 8.21. The highest BCUT2D eigenvalue weighted by Crippen LogP contribution is 2.36. The molecule has 0 aliphatic carbocycles. The molecule has 0 unspecified atom stereocenters. The molecule has 8 nitrogen and oxygen atoms in total. The first-order chi connectivity index (χ1) is 17.3. The fourth-order valence-corrected chi connectivity index (χ4v) is 3.87. The van der Waals surface area contributed by atoms with Crippen LogP contribution in [-0.2, 0) is 13.2 Å². The quantitative estimate of drug-likeness (QED) is 0.329. The van der Waals surface area contributed by atoms with Gasteiger partial charge in [-0.05, 0) is 47.4 Å². The number of hydrogen-bond donors (Lipinski definition) is 4. The summed E-state index contributed by atoms with van der Waals surface area (Å²) in [4.78, 5) is 10.5. The Morgan fingerprint density at radius 1 is 1.06 bits per heavy atom. The molecule has 4 rings (SSSR count). The van der Waals surface area contributed by atoms with Crippen LogP contribution >= 0.6 is 0 Å². The minimum absolute atomic E-state index is 0.0131. The molecule has 1 atom stereocenters. The van der Waals surface area contributed by atoms with Gasteiger partial charge < -0.3 is 29.7 Å². The molecule has 1 amide bonds. The van der Waals surface area contributed by atoms with E-state index in [0.717, 1.165) is 34.4 Å². The van der Waals surface area contributed by atoms with Crippen LogP contribution < -0.4 is 24.8 Å². The smallest absolute Gasteiger partial charge is 0.406 e. The standard InChI is InChI=1S/C26H26F2N2O6/c1-15-17(3-2-4-19(15)16-5-6-22-24(10-16)35-8-7-34-22)14-36-23-11-20(27)18(9-21(23)28)12-29-13-25(31)30-26(32)33/h2-6,9-11,25,29-31H,7-8,12-14H2,1H3,(H,32,33)/t25-/m1/s1. The van der Waals surface area contributed by atoms with Gasteiger partial charge in [0.25, 0.3) is 0 Å². The highest BCUT2D eigenvalue weighted by Gasteiger charge is 2.16. The van der Waals surface area contributed by atoms with E-state index in [9.17, 15) is 18.7 Å². The van der Waals surface area contributed by atoms with Crippen LogP contribution in [0.1, 0.15) is 16.7 Å². The summed E-state index contributed by atoms with van der Waals surface area (Å²) in [6.45, 7) is 2.68. The van der Waals surface area contributed by atoms with E-state index < -0.39 is 24.0 Å². The molecule has 3 aromatic rings. The fraction of sp³-hybridized carbons (Fsp3) is 0.269. The van der Waals surface area contributed by atoms with E-state index in [1.54, 1.807) is 0 Å². The largest absolute Gasteiger partial charge is 0.486 e. The number of hydrogen-bond acceptors (Lipinski definition) is 6. The zero-order chi connectivity index (χ0) is 25.7. The normalized spacial score (nSPS) is 13.2. The lowest BCUT2D eigenvalue weighted by Gasteiger charge is -2.20. The minimum Gasteiger partial charge on any atom is -0.486 e. The van der Waals surface area contributed by atoms with E-state index >= 15 is 0 Å². The van der Waals surface area contributed by atoms with E-state index in [4.69, 9.17) is 19.3 Å². The number of aliphatic hydroxyl groups is 1. The Morgan fingerprint density at radius 2 is 1.83 bits per heavy atom. The fourth-order valence-electron chi connectivity index (χ4n) is 3.87. The molecular weight excluding hydrogens is 474 g/mol. The average molecular weight is 500 g/mol. The van der Waals surface area contributed by atoms with Gasteiger partial charge in [0.2, 0.25) is 0 Å². The topological polar surface area (TPSA) is 109 Å². The second kappa shape index (κ2) is 11.2. The number of carbonyl (C=O) groups is 1. The molecule has 3 aromatic carbocycles. The Kier molecular flexibility index (Phi) is 7.87. The number of halogens is 2. The number of aliphatic hydroxyl groups excluding tert-OH is 1. The van der Waals surface area contributed by atoms with E-state index in [1.807, 2.05) is 48.6 Å². The molecule has 10 heteroatoms. The Morgan fingerprint density at radius 3 is 2.61 bits per heavy atom. The van der Waals surface area contributed by atoms with Crippen LogP contribution in [0.4, 0.5) is 13.6 Å². The highest BCUT2D eigenvalue weighted by atomic mass is 19.1. The molecule has 0 fully saturated rings. The van der Waals surface area contributed by atoms with Gasteiger partial charge in [0.1, 0.15) is 31.9 Å². The van der Waals surface area contributed by atoms with Gasteiger partial charge in [0.05, 0.1) is 0 Å². The van der Waals surface area contributed by atoms with Crippen molar-refractivity contribution >= 4 is 6.09 Å². The number of ether oxygens (including phenoxy) is 3. The lowest BCUT2D eigenvalue weighted by molar-refractivity contribution is 0.120. The van der Waals surface area contributed by atoms with Crippen LogP contribution in [0.5, 0.6) is 17.2 Å². The summed E-state index contributed by atoms with van der Waals surface area (Å²) < 4.78 is 46.0. The van der Waals surface area contributed by atoms with E-state index in [2.05, 4.69) is 5.32 Å². The lowest BCUT2D eigenvalue weighted by Crippen LogP contribution is -2.41. The third-order valence-electron chi connectivity index (χ3n) is 5.73. The second-order valence-corrected chi connectivity index (χ2v) is 8.21. The summed E-state index contributed by atoms with van der Waals surface area (Å²) in [5.74, 6) is -0.279. The molecule has 0 bridgehead atoms. The van der Waals surface area contributed by atoms with Crippen molar-refractivity contribution in [3.05, 3.63) is 76.9 Å². The van der Waals surface area contributed by atoms with Gasteiger partial charge in [0, 0.05) is 24.7 Å². The van der Waals surface area contributed by atoms with Gasteiger partial charge in [-0.15, -0.1) is 0 Å². The predicted molar refractivity (Wildman–Crippen MR) is 127 cm³/mol. The van der Waals surface area contributed by atoms with Crippen molar-refractivity contribution in [3.63, 3.8) is 0 Å². The predicted octanol–water partition coefficient (Wildman–Crippen LogP) is 3.97. The SMILES string of the molecule is Cc1c(COc2cc(F)c(CNC[C@@H](O)NC(=O)O)cc2F)cccc1-c1ccc2c(c1)OCCO2. The van der Waals surface area contributed by atoms with Crippen molar-refractivity contribution in [2.75, 3.05) is 19.8 Å². The van der Waals surface area contributed by atoms with E-state index in [0.29, 0.717) is 24.7 Å². The Hall–Kier alpha value is -3.89. The van der Waals surface area contributed by atoms with Gasteiger partial charge in [-0.3, -0.25) is 5.32 Å². The molecule has 1 heterocycles. The Labute approximate surface area is 206 Å². The number of benzene rings is 3. The van der Waals surface area contributed by atoms with Crippen molar-refractivity contribution < 1.29 is 38.0 Å². The number of rotatable bonds is 9. The highest BCUT2D eigenvalue weighted by molar-refractivity contribution is 5.71. The molecule has 0 saturated carbocycles. The molecule has 1 aliphatic rings. The summed E-state index contributed by atoms with van der Waals surface area (Å²) in [6.07, 6.45) is -2.77. The third-order valence-corrected chi connectivity index (χ3v) is 5.73. The first kappa shape index (κ1) is 25.2. The third kappa shape index (κ3) is 6.02. The molecule has 0 spiro atoms. The summed E-state index contributed by atoms with van der Waals surface area (Å²) in [5, 5.41) is 22.5. The maximum atomic E-state index is 14.6. The molecule has 0 saturated heterocycles. The maximum absolute atomic E-state index is 14.6. The number of amides is 1. The van der Waals surface area contributed by atoms with Gasteiger partial charge in [0.15, 0.2) is 23.1 Å². The van der Waals surface area contributed by atoms with Crippen molar-refractivity contribution in [2.24, 2.45) is 0 Å². The Balaban J connectivity index is 1.42. The van der Waals surface area contributed by atoms with E-state index in [1.165, 1.54) is 0 Å². The average Bonchev–Trinajstić information content (AvgIpc) is 2.85. The summed E-state index contributed by atoms with van der Waals surface area (Å²) in [7, 11) is 0. The number of carboxylic acid groups (broad SMARTS) is 1. The Bertz CT molecular complexity index is 1250. The van der Waals surface area contributed by atoms with Gasteiger partial charge >= 0.3 is 6.09 Å². The van der Waals surface area contributed by atoms with Crippen LogP contribution in [0, 0.1) is 18.6 Å². The summed E-state index contributed by atoms with van der Waals surface area (Å²) in [5.41, 5.74) is 3.66. The molecule has 36 heavy (non-hydrogen) atoms. The molecular formula is C26H26F2N2O6. The molecule has 4 N–H and O–H groups in total. The number of fused-ring (bicyclic) bond motifs is 1. The summed E-state index contributed by atoms with van der Waals surface area (Å²) >= 11 is 0. The zero-order valence-corrected chi connectivity index (χ0v) is 19.5. The van der Waals surface area contributed by atoms with Crippen LogP contribution in [0.2, 0.25) is 0 Å². The van der Waals surface area contributed by atoms with Crippen molar-refractivity contribution in [1.82, 2.24) is 10.6 Å². The molecule has 1 aliphatic heterocycles. The summed E-state index contributed by atoms with van der Waals surface area (Å²) in [6, 6.07) is 13.4. The minimum atomic E-state index is -1.39. The van der Waals surface area contributed by atoms with Crippen molar-refractivity contribution in [2.45, 2.75) is 26.3 Å². The van der Waals surface area contributed by atoms with Crippen molar-refractivity contribution in [3.8, 4) is 28.4 Å². The number of nitrogens with one attached hydrogen (secondary N) is 2. The molecule has 0 radical (unpaired) electrons. The lowest BCUT2D eigenvalue weighted by atomic mass is 9.96. The van der Waals surface area contributed by atoms with Gasteiger partial charge in [-0.25, -0.2) is 13.6 Å².